The number of piperidine rings is 2. The van der Waals surface area contributed by atoms with Gasteiger partial charge in [0.15, 0.2) is 0 Å². The van der Waals surface area contributed by atoms with E-state index in [9.17, 15) is 5.11 Å². The highest BCUT2D eigenvalue weighted by atomic mass is 16.5. The number of fused-ring (bicyclic) bond motifs is 2. The van der Waals surface area contributed by atoms with Gasteiger partial charge >= 0.3 is 0 Å². The van der Waals surface area contributed by atoms with Crippen molar-refractivity contribution in [3.8, 4) is 5.75 Å². The van der Waals surface area contributed by atoms with E-state index in [4.69, 9.17) is 4.74 Å². The van der Waals surface area contributed by atoms with Gasteiger partial charge in [0, 0.05) is 25.0 Å². The third kappa shape index (κ3) is 3.79. The molecule has 1 N–H and O–H groups in total. The monoisotopic (exact) mass is 351 g/mol. The summed E-state index contributed by atoms with van der Waals surface area (Å²) in [5.41, 5.74) is 1.94. The van der Waals surface area contributed by atoms with Crippen LogP contribution in [-0.2, 0) is 13.0 Å². The number of rotatable bonds is 5. The maximum Gasteiger partial charge on any atom is 0.119 e. The van der Waals surface area contributed by atoms with Gasteiger partial charge in [-0.1, -0.05) is 48.9 Å². The van der Waals surface area contributed by atoms with Crippen molar-refractivity contribution in [1.82, 2.24) is 4.90 Å². The second-order valence-corrected chi connectivity index (χ2v) is 8.06. The summed E-state index contributed by atoms with van der Waals surface area (Å²) >= 11 is 0. The van der Waals surface area contributed by atoms with Crippen molar-refractivity contribution < 1.29 is 9.84 Å². The van der Waals surface area contributed by atoms with Crippen molar-refractivity contribution >= 4 is 0 Å². The highest BCUT2D eigenvalue weighted by Crippen LogP contribution is 2.41. The van der Waals surface area contributed by atoms with Gasteiger partial charge in [-0.15, -0.1) is 0 Å². The molecule has 4 rings (SSSR count). The molecule has 0 aromatic heterocycles. The summed E-state index contributed by atoms with van der Waals surface area (Å²) in [7, 11) is 1.69. The van der Waals surface area contributed by atoms with Crippen LogP contribution < -0.4 is 4.74 Å². The molecule has 2 atom stereocenters. The normalized spacial score (nSPS) is 28.7. The summed E-state index contributed by atoms with van der Waals surface area (Å²) in [5, 5.41) is 11.4. The zero-order chi connectivity index (χ0) is 18.0. The third-order valence-electron chi connectivity index (χ3n) is 6.12. The van der Waals surface area contributed by atoms with Gasteiger partial charge < -0.3 is 9.84 Å². The summed E-state index contributed by atoms with van der Waals surface area (Å²) in [4.78, 5) is 2.65. The van der Waals surface area contributed by atoms with Crippen LogP contribution in [-0.4, -0.2) is 34.8 Å². The minimum absolute atomic E-state index is 0.485. The van der Waals surface area contributed by atoms with Crippen LogP contribution in [0.2, 0.25) is 0 Å². The SMILES string of the molecule is COc1cccc(CC2(O)CC3CCCC(C2)N3Cc2ccccc2)c1. The molecular weight excluding hydrogens is 322 g/mol. The van der Waals surface area contributed by atoms with Gasteiger partial charge in [0.2, 0.25) is 0 Å². The van der Waals surface area contributed by atoms with Crippen LogP contribution in [0.15, 0.2) is 54.6 Å². The number of ether oxygens (including phenoxy) is 1. The lowest BCUT2D eigenvalue weighted by Gasteiger charge is -2.52. The van der Waals surface area contributed by atoms with Crippen LogP contribution >= 0.6 is 0 Å². The Morgan fingerprint density at radius 1 is 1.00 bits per heavy atom. The van der Waals surface area contributed by atoms with Gasteiger partial charge in [-0.05, 0) is 48.9 Å². The maximum atomic E-state index is 11.4. The fourth-order valence-electron chi connectivity index (χ4n) is 4.98. The Balaban J connectivity index is 1.49. The number of benzene rings is 2. The second kappa shape index (κ2) is 7.42. The molecule has 0 amide bonds. The first kappa shape index (κ1) is 17.6. The smallest absolute Gasteiger partial charge is 0.119 e. The highest BCUT2D eigenvalue weighted by Gasteiger charge is 2.45. The first-order chi connectivity index (χ1) is 12.6. The third-order valence-corrected chi connectivity index (χ3v) is 6.12. The zero-order valence-electron chi connectivity index (χ0n) is 15.6. The molecule has 3 nitrogen and oxygen atoms in total. The van der Waals surface area contributed by atoms with Crippen molar-refractivity contribution in [1.29, 1.82) is 0 Å². The Morgan fingerprint density at radius 3 is 2.38 bits per heavy atom. The summed E-state index contributed by atoms with van der Waals surface area (Å²) < 4.78 is 5.35. The fourth-order valence-corrected chi connectivity index (χ4v) is 4.98. The molecule has 2 aromatic carbocycles. The van der Waals surface area contributed by atoms with Crippen LogP contribution in [0.1, 0.15) is 43.2 Å². The van der Waals surface area contributed by atoms with E-state index in [1.165, 1.54) is 30.4 Å². The molecule has 0 radical (unpaired) electrons. The van der Waals surface area contributed by atoms with Crippen molar-refractivity contribution in [2.45, 2.75) is 62.8 Å². The van der Waals surface area contributed by atoms with Crippen molar-refractivity contribution in [3.05, 3.63) is 65.7 Å². The predicted octanol–water partition coefficient (Wildman–Crippen LogP) is 4.19. The second-order valence-electron chi connectivity index (χ2n) is 8.06. The van der Waals surface area contributed by atoms with E-state index >= 15 is 0 Å². The average Bonchev–Trinajstić information content (AvgIpc) is 2.64. The molecule has 3 heteroatoms. The lowest BCUT2D eigenvalue weighted by molar-refractivity contribution is -0.0946. The standard InChI is InChI=1S/C23H29NO2/c1-26-22-12-5-9-19(13-22)14-23(25)15-20-10-6-11-21(16-23)24(20)17-18-7-3-2-4-8-18/h2-5,7-9,12-13,20-21,25H,6,10-11,14-17H2,1H3. The van der Waals surface area contributed by atoms with E-state index < -0.39 is 5.60 Å². The molecule has 2 aliphatic heterocycles. The van der Waals surface area contributed by atoms with Gasteiger partial charge in [-0.2, -0.15) is 0 Å². The molecule has 2 bridgehead atoms. The Labute approximate surface area is 156 Å². The number of methoxy groups -OCH3 is 1. The van der Waals surface area contributed by atoms with Gasteiger partial charge in [-0.25, -0.2) is 0 Å². The van der Waals surface area contributed by atoms with Crippen molar-refractivity contribution in [2.75, 3.05) is 7.11 Å². The van der Waals surface area contributed by atoms with E-state index in [0.29, 0.717) is 12.1 Å². The molecule has 0 aliphatic carbocycles. The van der Waals surface area contributed by atoms with E-state index in [1.54, 1.807) is 7.11 Å². The molecule has 2 aromatic rings. The van der Waals surface area contributed by atoms with Crippen LogP contribution in [0.3, 0.4) is 0 Å². The van der Waals surface area contributed by atoms with Crippen LogP contribution in [0.25, 0.3) is 0 Å². The van der Waals surface area contributed by atoms with Crippen molar-refractivity contribution in [3.63, 3.8) is 0 Å². The summed E-state index contributed by atoms with van der Waals surface area (Å²) in [5.74, 6) is 0.868. The molecule has 26 heavy (non-hydrogen) atoms. The number of aliphatic hydroxyl groups is 1. The minimum Gasteiger partial charge on any atom is -0.497 e. The van der Waals surface area contributed by atoms with Crippen LogP contribution in [0, 0.1) is 0 Å². The lowest BCUT2D eigenvalue weighted by Crippen LogP contribution is -2.58. The van der Waals surface area contributed by atoms with E-state index in [2.05, 4.69) is 47.4 Å². The van der Waals surface area contributed by atoms with Crippen LogP contribution in [0.5, 0.6) is 5.75 Å². The van der Waals surface area contributed by atoms with Gasteiger partial charge in [0.1, 0.15) is 5.75 Å². The Kier molecular flexibility index (Phi) is 5.01. The molecule has 2 fully saturated rings. The number of hydrogen-bond acceptors (Lipinski definition) is 3. The highest BCUT2D eigenvalue weighted by molar-refractivity contribution is 5.29. The van der Waals surface area contributed by atoms with Gasteiger partial charge in [0.25, 0.3) is 0 Å². The Morgan fingerprint density at radius 2 is 1.69 bits per heavy atom. The summed E-state index contributed by atoms with van der Waals surface area (Å²) in [6.45, 7) is 1.01. The molecule has 138 valence electrons. The minimum atomic E-state index is -0.602. The Bertz CT molecular complexity index is 716. The molecule has 2 aliphatic rings. The lowest BCUT2D eigenvalue weighted by atomic mass is 9.73. The largest absolute Gasteiger partial charge is 0.497 e. The van der Waals surface area contributed by atoms with E-state index in [-0.39, 0.29) is 0 Å². The maximum absolute atomic E-state index is 11.4. The Hall–Kier alpha value is -1.84. The molecule has 0 saturated carbocycles. The quantitative estimate of drug-likeness (QED) is 0.877. The fraction of sp³-hybridized carbons (Fsp3) is 0.478. The number of hydrogen-bond donors (Lipinski definition) is 1. The molecule has 2 unspecified atom stereocenters. The predicted molar refractivity (Wildman–Crippen MR) is 104 cm³/mol. The van der Waals surface area contributed by atoms with E-state index in [1.807, 2.05) is 12.1 Å². The van der Waals surface area contributed by atoms with Gasteiger partial charge in [0.05, 0.1) is 12.7 Å². The van der Waals surface area contributed by atoms with Crippen LogP contribution in [0.4, 0.5) is 0 Å². The molecule has 2 heterocycles. The number of nitrogens with zero attached hydrogens (tertiary/aromatic N) is 1. The molecule has 0 spiro atoms. The average molecular weight is 351 g/mol. The first-order valence-corrected chi connectivity index (χ1v) is 9.80. The zero-order valence-corrected chi connectivity index (χ0v) is 15.6. The molecule has 2 saturated heterocycles. The summed E-state index contributed by atoms with van der Waals surface area (Å²) in [6, 6.07) is 19.9. The topological polar surface area (TPSA) is 32.7 Å². The van der Waals surface area contributed by atoms with E-state index in [0.717, 1.165) is 31.6 Å². The molecular formula is C23H29NO2. The summed E-state index contributed by atoms with van der Waals surface area (Å²) in [6.07, 6.45) is 6.14. The van der Waals surface area contributed by atoms with Crippen molar-refractivity contribution in [2.24, 2.45) is 0 Å². The first-order valence-electron chi connectivity index (χ1n) is 9.80. The van der Waals surface area contributed by atoms with Gasteiger partial charge in [-0.3, -0.25) is 4.90 Å².